The Balaban J connectivity index is 2.42. The zero-order valence-corrected chi connectivity index (χ0v) is 13.8. The monoisotopic (exact) mass is 351 g/mol. The molecule has 1 N–H and O–H groups in total. The normalized spacial score (nSPS) is 16.4. The van der Waals surface area contributed by atoms with Crippen molar-refractivity contribution in [2.24, 2.45) is 5.92 Å². The largest absolute Gasteiger partial charge is 0.494 e. The molecule has 1 unspecified atom stereocenters. The Kier molecular flexibility index (Phi) is 4.70. The van der Waals surface area contributed by atoms with Gasteiger partial charge in [-0.15, -0.1) is 0 Å². The van der Waals surface area contributed by atoms with Crippen LogP contribution in [-0.4, -0.2) is 27.5 Å². The zero-order chi connectivity index (χ0) is 15.8. The number of methoxy groups -OCH3 is 1. The number of ether oxygens (including phenoxy) is 1. The average Bonchev–Trinajstić information content (AvgIpc) is 3.20. The quantitative estimate of drug-likeness (QED) is 0.827. The van der Waals surface area contributed by atoms with E-state index in [4.69, 9.17) is 27.0 Å². The molecule has 1 saturated carbocycles. The molecule has 8 heteroatoms. The topological polar surface area (TPSA) is 72.5 Å². The Labute approximate surface area is 133 Å². The first-order valence-electron chi connectivity index (χ1n) is 6.37. The van der Waals surface area contributed by atoms with Crippen molar-refractivity contribution in [2.45, 2.75) is 30.7 Å². The molecule has 5 nitrogen and oxygen atoms in total. The maximum absolute atomic E-state index is 12.3. The third kappa shape index (κ3) is 3.81. The van der Waals surface area contributed by atoms with Gasteiger partial charge in [-0.25, -0.2) is 8.42 Å². The fourth-order valence-corrected chi connectivity index (χ4v) is 3.44. The van der Waals surface area contributed by atoms with Crippen molar-refractivity contribution >= 4 is 37.2 Å². The maximum Gasteiger partial charge on any atom is 0.265 e. The van der Waals surface area contributed by atoms with E-state index in [-0.39, 0.29) is 27.3 Å². The van der Waals surface area contributed by atoms with Crippen molar-refractivity contribution in [3.8, 4) is 5.75 Å². The van der Waals surface area contributed by atoms with Crippen molar-refractivity contribution in [2.75, 3.05) is 7.11 Å². The smallest absolute Gasteiger partial charge is 0.265 e. The minimum atomic E-state index is -4.07. The Morgan fingerprint density at radius 3 is 2.52 bits per heavy atom. The molecule has 1 amide bonds. The number of hydrogen-bond acceptors (Lipinski definition) is 4. The Hall–Kier alpha value is -0.980. The minimum absolute atomic E-state index is 0.0113. The summed E-state index contributed by atoms with van der Waals surface area (Å²) in [5, 5.41) is 2.92. The Morgan fingerprint density at radius 2 is 2.05 bits per heavy atom. The zero-order valence-electron chi connectivity index (χ0n) is 11.5. The summed E-state index contributed by atoms with van der Waals surface area (Å²) in [5.41, 5.74) is 0.0525. The van der Waals surface area contributed by atoms with E-state index < -0.39 is 15.0 Å². The highest BCUT2D eigenvalue weighted by molar-refractivity contribution is 8.13. The molecule has 0 radical (unpaired) electrons. The Bertz CT molecular complexity index is 671. The molecule has 0 heterocycles. The van der Waals surface area contributed by atoms with E-state index in [0.29, 0.717) is 5.92 Å². The summed E-state index contributed by atoms with van der Waals surface area (Å²) < 4.78 is 28.2. The first kappa shape index (κ1) is 16.4. The van der Waals surface area contributed by atoms with Crippen LogP contribution < -0.4 is 10.1 Å². The van der Waals surface area contributed by atoms with E-state index in [9.17, 15) is 13.2 Å². The number of carbonyl (C=O) groups is 1. The van der Waals surface area contributed by atoms with Crippen LogP contribution in [0.1, 0.15) is 30.1 Å². The molecule has 0 saturated heterocycles. The molecule has 0 bridgehead atoms. The fraction of sp³-hybridized carbons (Fsp3) is 0.462. The fourth-order valence-electron chi connectivity index (χ4n) is 2.13. The summed E-state index contributed by atoms with van der Waals surface area (Å²) >= 11 is 5.88. The van der Waals surface area contributed by atoms with Crippen LogP contribution >= 0.6 is 22.3 Å². The third-order valence-corrected chi connectivity index (χ3v) is 4.96. The van der Waals surface area contributed by atoms with Gasteiger partial charge in [0.25, 0.3) is 15.0 Å². The SMILES string of the molecule is COc1c(C(=O)NC(C)C2CC2)cc(Cl)cc1S(=O)(=O)Cl. The van der Waals surface area contributed by atoms with E-state index in [1.165, 1.54) is 13.2 Å². The highest BCUT2D eigenvalue weighted by atomic mass is 35.7. The van der Waals surface area contributed by atoms with Gasteiger partial charge in [0.15, 0.2) is 5.75 Å². The molecular formula is C13H15Cl2NO4S. The van der Waals surface area contributed by atoms with Gasteiger partial charge < -0.3 is 10.1 Å². The first-order valence-corrected chi connectivity index (χ1v) is 9.06. The lowest BCUT2D eigenvalue weighted by Crippen LogP contribution is -2.34. The van der Waals surface area contributed by atoms with Gasteiger partial charge in [0.05, 0.1) is 12.7 Å². The number of amides is 1. The molecule has 1 aromatic carbocycles. The highest BCUT2D eigenvalue weighted by Gasteiger charge is 2.31. The molecule has 0 aliphatic heterocycles. The summed E-state index contributed by atoms with van der Waals surface area (Å²) in [6, 6.07) is 2.53. The van der Waals surface area contributed by atoms with Gasteiger partial charge in [-0.05, 0) is 37.8 Å². The summed E-state index contributed by atoms with van der Waals surface area (Å²) in [6.45, 7) is 1.91. The van der Waals surface area contributed by atoms with Gasteiger partial charge in [0, 0.05) is 21.7 Å². The summed E-state index contributed by atoms with van der Waals surface area (Å²) in [4.78, 5) is 12.0. The minimum Gasteiger partial charge on any atom is -0.494 e. The van der Waals surface area contributed by atoms with E-state index in [1.54, 1.807) is 0 Å². The van der Waals surface area contributed by atoms with Gasteiger partial charge in [0.1, 0.15) is 4.90 Å². The van der Waals surface area contributed by atoms with Gasteiger partial charge in [0.2, 0.25) is 0 Å². The molecule has 1 aliphatic carbocycles. The number of benzene rings is 1. The lowest BCUT2D eigenvalue weighted by atomic mass is 10.1. The van der Waals surface area contributed by atoms with E-state index in [2.05, 4.69) is 5.32 Å². The van der Waals surface area contributed by atoms with Crippen LogP contribution in [0.2, 0.25) is 5.02 Å². The molecule has 1 fully saturated rings. The van der Waals surface area contributed by atoms with Gasteiger partial charge in [-0.3, -0.25) is 4.79 Å². The Morgan fingerprint density at radius 1 is 1.43 bits per heavy atom. The second kappa shape index (κ2) is 6.02. The number of hydrogen-bond donors (Lipinski definition) is 1. The second-order valence-electron chi connectivity index (χ2n) is 5.02. The molecule has 1 aromatic rings. The number of halogens is 2. The van der Waals surface area contributed by atoms with Crippen molar-refractivity contribution in [3.05, 3.63) is 22.7 Å². The van der Waals surface area contributed by atoms with Crippen LogP contribution in [0.25, 0.3) is 0 Å². The molecule has 0 aromatic heterocycles. The van der Waals surface area contributed by atoms with Gasteiger partial charge in [-0.2, -0.15) is 0 Å². The molecule has 2 rings (SSSR count). The standard InChI is InChI=1S/C13H15Cl2NO4S/c1-7(8-3-4-8)16-13(17)10-5-9(14)6-11(12(10)20-2)21(15,18)19/h5-8H,3-4H2,1-2H3,(H,16,17). The molecule has 1 atom stereocenters. The van der Waals surface area contributed by atoms with Crippen molar-refractivity contribution in [1.82, 2.24) is 5.32 Å². The molecule has 21 heavy (non-hydrogen) atoms. The van der Waals surface area contributed by atoms with Crippen LogP contribution in [0.15, 0.2) is 17.0 Å². The summed E-state index contributed by atoms with van der Waals surface area (Å²) in [6.07, 6.45) is 2.16. The van der Waals surface area contributed by atoms with E-state index in [0.717, 1.165) is 18.9 Å². The van der Waals surface area contributed by atoms with Crippen LogP contribution in [0.5, 0.6) is 5.75 Å². The molecular weight excluding hydrogens is 337 g/mol. The van der Waals surface area contributed by atoms with Crippen molar-refractivity contribution in [1.29, 1.82) is 0 Å². The van der Waals surface area contributed by atoms with E-state index in [1.807, 2.05) is 6.92 Å². The third-order valence-electron chi connectivity index (χ3n) is 3.42. The highest BCUT2D eigenvalue weighted by Crippen LogP contribution is 2.35. The van der Waals surface area contributed by atoms with Crippen LogP contribution in [0.4, 0.5) is 0 Å². The maximum atomic E-state index is 12.3. The first-order chi connectivity index (χ1) is 9.74. The number of nitrogens with one attached hydrogen (secondary N) is 1. The van der Waals surface area contributed by atoms with Crippen molar-refractivity contribution in [3.63, 3.8) is 0 Å². The average molecular weight is 352 g/mol. The molecule has 1 aliphatic rings. The van der Waals surface area contributed by atoms with Gasteiger partial charge >= 0.3 is 0 Å². The van der Waals surface area contributed by atoms with Crippen LogP contribution in [0.3, 0.4) is 0 Å². The van der Waals surface area contributed by atoms with Crippen LogP contribution in [-0.2, 0) is 9.05 Å². The van der Waals surface area contributed by atoms with Crippen molar-refractivity contribution < 1.29 is 17.9 Å². The van der Waals surface area contributed by atoms with Crippen LogP contribution in [0, 0.1) is 5.92 Å². The predicted molar refractivity (Wildman–Crippen MR) is 80.7 cm³/mol. The summed E-state index contributed by atoms with van der Waals surface area (Å²) in [7, 11) is 2.56. The predicted octanol–water partition coefficient (Wildman–Crippen LogP) is 2.80. The number of rotatable bonds is 5. The molecule has 116 valence electrons. The lowest BCUT2D eigenvalue weighted by Gasteiger charge is -2.16. The number of carbonyl (C=O) groups excluding carboxylic acids is 1. The molecule has 0 spiro atoms. The summed E-state index contributed by atoms with van der Waals surface area (Å²) in [5.74, 6) is -0.0689. The van der Waals surface area contributed by atoms with Gasteiger partial charge in [-0.1, -0.05) is 11.6 Å². The lowest BCUT2D eigenvalue weighted by molar-refractivity contribution is 0.0932. The second-order valence-corrected chi connectivity index (χ2v) is 7.99. The van der Waals surface area contributed by atoms with E-state index >= 15 is 0 Å².